The Bertz CT molecular complexity index is 1180. The molecule has 2 aliphatic rings. The van der Waals surface area contributed by atoms with Crippen molar-refractivity contribution in [1.82, 2.24) is 30.8 Å². The van der Waals surface area contributed by atoms with Gasteiger partial charge < -0.3 is 10.2 Å². The van der Waals surface area contributed by atoms with Crippen LogP contribution >= 0.6 is 0 Å². The molecule has 9 heteroatoms. The number of aromatic nitrogens is 4. The predicted octanol–water partition coefficient (Wildman–Crippen LogP) is 2.73. The van der Waals surface area contributed by atoms with E-state index in [1.54, 1.807) is 12.1 Å². The number of benzene rings is 2. The first-order valence-corrected chi connectivity index (χ1v) is 13.5. The van der Waals surface area contributed by atoms with E-state index in [1.807, 2.05) is 6.07 Å². The Morgan fingerprint density at radius 1 is 1.06 bits per heavy atom. The van der Waals surface area contributed by atoms with Crippen molar-refractivity contribution in [3.63, 3.8) is 0 Å². The van der Waals surface area contributed by atoms with E-state index in [4.69, 9.17) is 0 Å². The second-order valence-corrected chi connectivity index (χ2v) is 11.2. The van der Waals surface area contributed by atoms with Crippen LogP contribution in [-0.4, -0.2) is 72.9 Å². The quantitative estimate of drug-likeness (QED) is 0.576. The molecule has 2 aliphatic heterocycles. The largest absolute Gasteiger partial charge is 0.316 e. The van der Waals surface area contributed by atoms with Crippen molar-refractivity contribution < 1.29 is 8.42 Å². The minimum atomic E-state index is -3.45. The number of aromatic amines is 1. The van der Waals surface area contributed by atoms with Crippen molar-refractivity contribution in [1.29, 1.82) is 0 Å². The highest BCUT2D eigenvalue weighted by Crippen LogP contribution is 2.36. The third kappa shape index (κ3) is 4.85. The summed E-state index contributed by atoms with van der Waals surface area (Å²) in [5, 5.41) is 17.5. The summed E-state index contributed by atoms with van der Waals surface area (Å²) in [5.41, 5.74) is 3.60. The number of rotatable bonds is 6. The van der Waals surface area contributed by atoms with Gasteiger partial charge in [-0.15, -0.1) is 5.10 Å². The molecule has 0 bridgehead atoms. The fourth-order valence-corrected chi connectivity index (χ4v) is 6.11. The number of sulfone groups is 1. The first-order chi connectivity index (χ1) is 16.0. The Labute approximate surface area is 194 Å². The Morgan fingerprint density at radius 2 is 1.85 bits per heavy atom. The van der Waals surface area contributed by atoms with E-state index in [2.05, 4.69) is 55.1 Å². The zero-order valence-electron chi connectivity index (χ0n) is 18.9. The number of piperidine rings is 1. The summed E-state index contributed by atoms with van der Waals surface area (Å²) in [7, 11) is -3.45. The standard InChI is InChI=1S/C24H30N6O2S/c1-33(31,32)22-4-2-3-21(23(22)24-26-28-29-27-24)20-7-5-18(6-8-20)19-10-13-30(14-11-19)16-17-9-12-25-15-17/h2-8,17,19,25H,9-16H2,1H3,(H,26,27,28,29). The SMILES string of the molecule is CS(=O)(=O)c1cccc(-c2ccc(C3CCN(CC4CCNC4)CC3)cc2)c1-c1nnn[nH]1. The van der Waals surface area contributed by atoms with Crippen LogP contribution in [0.15, 0.2) is 47.4 Å². The lowest BCUT2D eigenvalue weighted by atomic mass is 9.87. The molecule has 2 aromatic carbocycles. The van der Waals surface area contributed by atoms with Crippen molar-refractivity contribution in [2.45, 2.75) is 30.1 Å². The van der Waals surface area contributed by atoms with Crippen LogP contribution in [0.2, 0.25) is 0 Å². The molecule has 0 aliphatic carbocycles. The van der Waals surface area contributed by atoms with Gasteiger partial charge in [0, 0.05) is 18.4 Å². The summed E-state index contributed by atoms with van der Waals surface area (Å²) in [6.07, 6.45) is 4.86. The fourth-order valence-electron chi connectivity index (χ4n) is 5.21. The summed E-state index contributed by atoms with van der Waals surface area (Å²) >= 11 is 0. The zero-order valence-corrected chi connectivity index (χ0v) is 19.7. The lowest BCUT2D eigenvalue weighted by molar-refractivity contribution is 0.187. The molecule has 5 rings (SSSR count). The molecule has 2 saturated heterocycles. The van der Waals surface area contributed by atoms with E-state index in [9.17, 15) is 8.42 Å². The molecular weight excluding hydrogens is 436 g/mol. The van der Waals surface area contributed by atoms with Crippen LogP contribution in [0.4, 0.5) is 0 Å². The molecule has 0 radical (unpaired) electrons. The number of H-pyrrole nitrogens is 1. The van der Waals surface area contributed by atoms with Crippen molar-refractivity contribution in [2.24, 2.45) is 5.92 Å². The number of nitrogens with zero attached hydrogens (tertiary/aromatic N) is 4. The van der Waals surface area contributed by atoms with Gasteiger partial charge in [-0.3, -0.25) is 0 Å². The molecule has 0 spiro atoms. The van der Waals surface area contributed by atoms with E-state index in [0.29, 0.717) is 17.3 Å². The maximum atomic E-state index is 12.4. The van der Waals surface area contributed by atoms with Crippen LogP contribution in [0.1, 0.15) is 30.7 Å². The van der Waals surface area contributed by atoms with Crippen LogP contribution in [0.3, 0.4) is 0 Å². The van der Waals surface area contributed by atoms with E-state index in [1.165, 1.54) is 37.6 Å². The molecule has 1 unspecified atom stereocenters. The minimum Gasteiger partial charge on any atom is -0.316 e. The monoisotopic (exact) mass is 466 g/mol. The second kappa shape index (κ2) is 9.32. The third-order valence-corrected chi connectivity index (χ3v) is 8.11. The average Bonchev–Trinajstić information content (AvgIpc) is 3.53. The maximum Gasteiger partial charge on any atom is 0.181 e. The molecule has 8 nitrogen and oxygen atoms in total. The number of tetrazole rings is 1. The topological polar surface area (TPSA) is 104 Å². The first kappa shape index (κ1) is 22.2. The lowest BCUT2D eigenvalue weighted by Gasteiger charge is -2.33. The molecule has 3 aromatic rings. The number of hydrogen-bond acceptors (Lipinski definition) is 7. The van der Waals surface area contributed by atoms with Crippen molar-refractivity contribution >= 4 is 9.84 Å². The zero-order chi connectivity index (χ0) is 22.8. The Hall–Kier alpha value is -2.62. The summed E-state index contributed by atoms with van der Waals surface area (Å²) in [5.74, 6) is 1.72. The summed E-state index contributed by atoms with van der Waals surface area (Å²) in [6.45, 7) is 5.85. The minimum absolute atomic E-state index is 0.215. The van der Waals surface area contributed by atoms with Gasteiger partial charge in [0.2, 0.25) is 0 Å². The van der Waals surface area contributed by atoms with E-state index < -0.39 is 9.84 Å². The van der Waals surface area contributed by atoms with Gasteiger partial charge in [-0.05, 0) is 90.5 Å². The fraction of sp³-hybridized carbons (Fsp3) is 0.458. The normalized spacial score (nSPS) is 20.3. The molecule has 1 atom stereocenters. The molecule has 1 aromatic heterocycles. The highest BCUT2D eigenvalue weighted by Gasteiger charge is 2.25. The van der Waals surface area contributed by atoms with Crippen LogP contribution in [0.5, 0.6) is 0 Å². The molecule has 33 heavy (non-hydrogen) atoms. The average molecular weight is 467 g/mol. The number of hydrogen-bond donors (Lipinski definition) is 2. The van der Waals surface area contributed by atoms with Gasteiger partial charge >= 0.3 is 0 Å². The third-order valence-electron chi connectivity index (χ3n) is 6.97. The highest BCUT2D eigenvalue weighted by molar-refractivity contribution is 7.90. The van der Waals surface area contributed by atoms with Crippen molar-refractivity contribution in [3.8, 4) is 22.5 Å². The van der Waals surface area contributed by atoms with Crippen molar-refractivity contribution in [2.75, 3.05) is 39.0 Å². The predicted molar refractivity (Wildman–Crippen MR) is 128 cm³/mol. The van der Waals surface area contributed by atoms with E-state index in [-0.39, 0.29) is 4.90 Å². The molecule has 0 amide bonds. The molecule has 2 fully saturated rings. The van der Waals surface area contributed by atoms with Crippen LogP contribution in [-0.2, 0) is 9.84 Å². The van der Waals surface area contributed by atoms with Gasteiger partial charge in [0.15, 0.2) is 15.7 Å². The maximum absolute atomic E-state index is 12.4. The number of likely N-dealkylation sites (tertiary alicyclic amines) is 1. The van der Waals surface area contributed by atoms with Gasteiger partial charge in [-0.1, -0.05) is 36.4 Å². The highest BCUT2D eigenvalue weighted by atomic mass is 32.2. The summed E-state index contributed by atoms with van der Waals surface area (Å²) in [4.78, 5) is 2.84. The molecule has 174 valence electrons. The van der Waals surface area contributed by atoms with Gasteiger partial charge in [0.05, 0.1) is 4.90 Å². The van der Waals surface area contributed by atoms with Gasteiger partial charge in [0.1, 0.15) is 0 Å². The number of nitrogens with one attached hydrogen (secondary N) is 2. The summed E-state index contributed by atoms with van der Waals surface area (Å²) < 4.78 is 24.9. The van der Waals surface area contributed by atoms with E-state index >= 15 is 0 Å². The first-order valence-electron chi connectivity index (χ1n) is 11.6. The van der Waals surface area contributed by atoms with Crippen LogP contribution < -0.4 is 5.32 Å². The molecular formula is C24H30N6O2S. The Morgan fingerprint density at radius 3 is 2.48 bits per heavy atom. The molecule has 0 saturated carbocycles. The van der Waals surface area contributed by atoms with Gasteiger partial charge in [0.25, 0.3) is 0 Å². The second-order valence-electron chi connectivity index (χ2n) is 9.26. The lowest BCUT2D eigenvalue weighted by Crippen LogP contribution is -2.37. The van der Waals surface area contributed by atoms with Gasteiger partial charge in [-0.25, -0.2) is 13.5 Å². The van der Waals surface area contributed by atoms with Crippen molar-refractivity contribution in [3.05, 3.63) is 48.0 Å². The molecule has 2 N–H and O–H groups in total. The Kier molecular flexibility index (Phi) is 6.27. The van der Waals surface area contributed by atoms with Gasteiger partial charge in [-0.2, -0.15) is 0 Å². The molecule has 3 heterocycles. The van der Waals surface area contributed by atoms with Crippen LogP contribution in [0, 0.1) is 5.92 Å². The van der Waals surface area contributed by atoms with Crippen LogP contribution in [0.25, 0.3) is 22.5 Å². The van der Waals surface area contributed by atoms with E-state index in [0.717, 1.165) is 43.2 Å². The smallest absolute Gasteiger partial charge is 0.181 e. The summed E-state index contributed by atoms with van der Waals surface area (Å²) in [6, 6.07) is 13.8. The Balaban J connectivity index is 1.35.